The number of hydrogen-bond acceptors (Lipinski definition) is 2. The maximum absolute atomic E-state index is 10.0. The standard InChI is InChI=1S/C9H9ClO2/c10-9(12)6-2-1-4-8(9)5-3-7-11/h1-8,12H/b5-3+. The fraction of sp³-hybridized carbons (Fsp3) is 0.222. The number of aldehydes is 1. The first kappa shape index (κ1) is 9.23. The number of carbonyl (C=O) groups excluding carboxylic acids is 1. The van der Waals surface area contributed by atoms with E-state index in [1.54, 1.807) is 24.3 Å². The number of rotatable bonds is 2. The third kappa shape index (κ3) is 2.06. The van der Waals surface area contributed by atoms with Crippen molar-refractivity contribution in [2.24, 2.45) is 5.92 Å². The molecule has 0 spiro atoms. The van der Waals surface area contributed by atoms with Crippen molar-refractivity contribution in [3.8, 4) is 0 Å². The molecule has 0 saturated carbocycles. The minimum absolute atomic E-state index is 0.339. The lowest BCUT2D eigenvalue weighted by atomic mass is 9.97. The lowest BCUT2D eigenvalue weighted by molar-refractivity contribution is -0.104. The molecule has 2 unspecified atom stereocenters. The maximum Gasteiger partial charge on any atom is 0.167 e. The predicted molar refractivity (Wildman–Crippen MR) is 47.8 cm³/mol. The summed E-state index contributed by atoms with van der Waals surface area (Å²) in [7, 11) is 0. The monoisotopic (exact) mass is 184 g/mol. The fourth-order valence-electron chi connectivity index (χ4n) is 0.985. The maximum atomic E-state index is 10.0. The molecule has 2 nitrogen and oxygen atoms in total. The van der Waals surface area contributed by atoms with Crippen LogP contribution in [0.4, 0.5) is 0 Å². The lowest BCUT2D eigenvalue weighted by Crippen LogP contribution is -2.27. The number of aliphatic hydroxyl groups is 1. The van der Waals surface area contributed by atoms with Gasteiger partial charge in [0.05, 0.1) is 0 Å². The van der Waals surface area contributed by atoms with E-state index in [0.717, 1.165) is 0 Å². The van der Waals surface area contributed by atoms with Crippen LogP contribution in [-0.4, -0.2) is 16.5 Å². The van der Waals surface area contributed by atoms with Crippen molar-refractivity contribution in [3.63, 3.8) is 0 Å². The van der Waals surface area contributed by atoms with E-state index in [9.17, 15) is 9.90 Å². The second-order valence-corrected chi connectivity index (χ2v) is 3.12. The molecular formula is C9H9ClO2. The highest BCUT2D eigenvalue weighted by molar-refractivity contribution is 6.24. The van der Waals surface area contributed by atoms with E-state index in [2.05, 4.69) is 0 Å². The van der Waals surface area contributed by atoms with Gasteiger partial charge in [-0.1, -0.05) is 35.9 Å². The van der Waals surface area contributed by atoms with Gasteiger partial charge in [0, 0.05) is 5.92 Å². The molecule has 0 aromatic heterocycles. The summed E-state index contributed by atoms with van der Waals surface area (Å²) in [5.41, 5.74) is 0. The van der Waals surface area contributed by atoms with Gasteiger partial charge >= 0.3 is 0 Å². The topological polar surface area (TPSA) is 37.3 Å². The van der Waals surface area contributed by atoms with Gasteiger partial charge in [0.15, 0.2) is 5.06 Å². The summed E-state index contributed by atoms with van der Waals surface area (Å²) in [4.78, 5) is 10.0. The van der Waals surface area contributed by atoms with Crippen LogP contribution < -0.4 is 0 Å². The molecule has 2 atom stereocenters. The van der Waals surface area contributed by atoms with Gasteiger partial charge in [-0.2, -0.15) is 0 Å². The smallest absolute Gasteiger partial charge is 0.167 e. The number of allylic oxidation sites excluding steroid dienone is 3. The molecule has 64 valence electrons. The third-order valence-electron chi connectivity index (χ3n) is 1.62. The van der Waals surface area contributed by atoms with E-state index in [1.807, 2.05) is 0 Å². The molecule has 3 heteroatoms. The van der Waals surface area contributed by atoms with Crippen LogP contribution in [0.2, 0.25) is 0 Å². The Morgan fingerprint density at radius 3 is 2.83 bits per heavy atom. The summed E-state index contributed by atoms with van der Waals surface area (Å²) >= 11 is 5.72. The molecule has 0 aromatic rings. The van der Waals surface area contributed by atoms with Crippen molar-refractivity contribution >= 4 is 17.9 Å². The minimum Gasteiger partial charge on any atom is -0.371 e. The van der Waals surface area contributed by atoms with E-state index >= 15 is 0 Å². The van der Waals surface area contributed by atoms with Crippen molar-refractivity contribution in [3.05, 3.63) is 36.5 Å². The average Bonchev–Trinajstić information content (AvgIpc) is 2.02. The number of alkyl halides is 1. The number of hydrogen-bond donors (Lipinski definition) is 1. The Bertz CT molecular complexity index is 251. The molecule has 1 rings (SSSR count). The zero-order chi connectivity index (χ0) is 9.03. The summed E-state index contributed by atoms with van der Waals surface area (Å²) in [5, 5.41) is 8.13. The predicted octanol–water partition coefficient (Wildman–Crippen LogP) is 1.41. The molecule has 0 heterocycles. The normalized spacial score (nSPS) is 34.3. The quantitative estimate of drug-likeness (QED) is 0.400. The van der Waals surface area contributed by atoms with E-state index in [4.69, 9.17) is 11.6 Å². The highest BCUT2D eigenvalue weighted by atomic mass is 35.5. The zero-order valence-corrected chi connectivity index (χ0v) is 7.11. The van der Waals surface area contributed by atoms with Crippen molar-refractivity contribution in [2.75, 3.05) is 0 Å². The highest BCUT2D eigenvalue weighted by Crippen LogP contribution is 2.29. The van der Waals surface area contributed by atoms with Gasteiger partial charge in [-0.25, -0.2) is 0 Å². The van der Waals surface area contributed by atoms with Gasteiger partial charge < -0.3 is 5.11 Å². The molecule has 12 heavy (non-hydrogen) atoms. The molecule has 0 fully saturated rings. The molecular weight excluding hydrogens is 176 g/mol. The Labute approximate surface area is 75.8 Å². The van der Waals surface area contributed by atoms with Gasteiger partial charge in [-0.15, -0.1) is 0 Å². The van der Waals surface area contributed by atoms with E-state index in [1.165, 1.54) is 12.2 Å². The molecule has 0 aliphatic heterocycles. The van der Waals surface area contributed by atoms with Crippen LogP contribution in [0.5, 0.6) is 0 Å². The molecule has 1 aliphatic carbocycles. The van der Waals surface area contributed by atoms with Crippen molar-refractivity contribution < 1.29 is 9.90 Å². The second-order valence-electron chi connectivity index (χ2n) is 2.52. The summed E-state index contributed by atoms with van der Waals surface area (Å²) in [5.74, 6) is -0.339. The van der Waals surface area contributed by atoms with Crippen LogP contribution in [0.3, 0.4) is 0 Å². The Balaban J connectivity index is 2.76. The van der Waals surface area contributed by atoms with Gasteiger partial charge in [0.25, 0.3) is 0 Å². The Kier molecular flexibility index (Phi) is 2.84. The fourth-order valence-corrected chi connectivity index (χ4v) is 1.20. The van der Waals surface area contributed by atoms with Crippen molar-refractivity contribution in [2.45, 2.75) is 5.06 Å². The first-order chi connectivity index (χ1) is 5.67. The second kappa shape index (κ2) is 3.70. The summed E-state index contributed by atoms with van der Waals surface area (Å²) < 4.78 is 0. The largest absolute Gasteiger partial charge is 0.371 e. The van der Waals surface area contributed by atoms with E-state index in [0.29, 0.717) is 6.29 Å². The molecule has 1 aliphatic rings. The van der Waals surface area contributed by atoms with Gasteiger partial charge in [-0.3, -0.25) is 4.79 Å². The third-order valence-corrected chi connectivity index (χ3v) is 2.00. The van der Waals surface area contributed by atoms with Gasteiger partial charge in [0.2, 0.25) is 0 Å². The van der Waals surface area contributed by atoms with Crippen LogP contribution in [0.15, 0.2) is 36.5 Å². The van der Waals surface area contributed by atoms with Crippen molar-refractivity contribution in [1.82, 2.24) is 0 Å². The minimum atomic E-state index is -1.39. The number of halogens is 1. The van der Waals surface area contributed by atoms with Gasteiger partial charge in [0.1, 0.15) is 6.29 Å². The number of carbonyl (C=O) groups is 1. The Hall–Kier alpha value is -0.860. The summed E-state index contributed by atoms with van der Waals surface area (Å²) in [6.07, 6.45) is 10.2. The van der Waals surface area contributed by atoms with Crippen LogP contribution >= 0.6 is 11.6 Å². The molecule has 0 bridgehead atoms. The van der Waals surface area contributed by atoms with Crippen LogP contribution in [0.1, 0.15) is 0 Å². The molecule has 0 saturated heterocycles. The molecule has 1 N–H and O–H groups in total. The van der Waals surface area contributed by atoms with Gasteiger partial charge in [-0.05, 0) is 12.2 Å². The van der Waals surface area contributed by atoms with E-state index < -0.39 is 5.06 Å². The van der Waals surface area contributed by atoms with Crippen LogP contribution in [-0.2, 0) is 4.79 Å². The zero-order valence-electron chi connectivity index (χ0n) is 6.35. The molecule has 0 amide bonds. The molecule has 0 aromatic carbocycles. The lowest BCUT2D eigenvalue weighted by Gasteiger charge is -2.24. The summed E-state index contributed by atoms with van der Waals surface area (Å²) in [6, 6.07) is 0. The van der Waals surface area contributed by atoms with Crippen molar-refractivity contribution in [1.29, 1.82) is 0 Å². The Morgan fingerprint density at radius 2 is 2.25 bits per heavy atom. The Morgan fingerprint density at radius 1 is 1.50 bits per heavy atom. The SMILES string of the molecule is O=C/C=C/C1C=CC=CC1(O)Cl. The van der Waals surface area contributed by atoms with Crippen LogP contribution in [0, 0.1) is 5.92 Å². The van der Waals surface area contributed by atoms with E-state index in [-0.39, 0.29) is 5.92 Å². The van der Waals surface area contributed by atoms with Crippen LogP contribution in [0.25, 0.3) is 0 Å². The first-order valence-corrected chi connectivity index (χ1v) is 3.94. The molecule has 0 radical (unpaired) electrons. The summed E-state index contributed by atoms with van der Waals surface area (Å²) in [6.45, 7) is 0. The average molecular weight is 185 g/mol. The first-order valence-electron chi connectivity index (χ1n) is 3.56. The highest BCUT2D eigenvalue weighted by Gasteiger charge is 2.28.